The van der Waals surface area contributed by atoms with E-state index in [0.717, 1.165) is 33.1 Å². The normalized spacial score (nSPS) is 15.6. The number of benzene rings is 2. The molecule has 1 N–H and O–H groups in total. The fourth-order valence-electron chi connectivity index (χ4n) is 3.24. The third-order valence-corrected chi connectivity index (χ3v) is 5.95. The van der Waals surface area contributed by atoms with Crippen LogP contribution in [0.25, 0.3) is 17.0 Å². The molecule has 0 bridgehead atoms. The number of thiocarbonyl (C=S) groups is 1. The lowest BCUT2D eigenvalue weighted by Gasteiger charge is -2.10. The molecule has 0 spiro atoms. The number of aliphatic carboxylic acids is 1. The summed E-state index contributed by atoms with van der Waals surface area (Å²) in [5.41, 5.74) is 2.25. The van der Waals surface area contributed by atoms with Crippen molar-refractivity contribution in [3.8, 4) is 0 Å². The zero-order valence-electron chi connectivity index (χ0n) is 15.0. The summed E-state index contributed by atoms with van der Waals surface area (Å²) in [6.45, 7) is -0.113. The van der Waals surface area contributed by atoms with Gasteiger partial charge < -0.3 is 9.67 Å². The number of nitrogens with zero attached hydrogens (tertiary/aromatic N) is 2. The van der Waals surface area contributed by atoms with Crippen LogP contribution in [0.5, 0.6) is 0 Å². The van der Waals surface area contributed by atoms with E-state index < -0.39 is 18.4 Å². The number of carbonyl (C=O) groups is 2. The second kappa shape index (κ2) is 7.81. The number of thioether (sulfide) groups is 1. The first kappa shape index (κ1) is 19.4. The Morgan fingerprint density at radius 3 is 2.66 bits per heavy atom. The Labute approximate surface area is 175 Å². The van der Waals surface area contributed by atoms with Gasteiger partial charge in [-0.15, -0.1) is 0 Å². The molecule has 0 aliphatic carbocycles. The van der Waals surface area contributed by atoms with Crippen molar-refractivity contribution in [3.63, 3.8) is 0 Å². The lowest BCUT2D eigenvalue weighted by molar-refractivity contribution is -0.140. The topological polar surface area (TPSA) is 62.5 Å². The highest BCUT2D eigenvalue weighted by Gasteiger charge is 2.33. The molecule has 1 aromatic heterocycles. The number of carboxylic acids is 1. The molecule has 1 aliphatic rings. The Kier molecular flexibility index (Phi) is 5.21. The highest BCUT2D eigenvalue weighted by atomic mass is 32.2. The molecule has 2 aromatic carbocycles. The number of halogens is 1. The first-order valence-corrected chi connectivity index (χ1v) is 9.95. The smallest absolute Gasteiger partial charge is 0.323 e. The van der Waals surface area contributed by atoms with Gasteiger partial charge in [-0.3, -0.25) is 14.5 Å². The standard InChI is InChI=1S/C21H15FN2O3S2/c22-16-7-3-1-5-13(16)10-23-11-14(15-6-2-4-8-17(15)23)9-18-20(27)24(12-19(25)26)21(28)29-18/h1-9,11H,10,12H2,(H,25,26)/b18-9-. The summed E-state index contributed by atoms with van der Waals surface area (Å²) in [4.78, 5) is 25.0. The van der Waals surface area contributed by atoms with E-state index in [4.69, 9.17) is 17.3 Å². The van der Waals surface area contributed by atoms with Crippen molar-refractivity contribution in [3.05, 3.63) is 76.6 Å². The van der Waals surface area contributed by atoms with Crippen molar-refractivity contribution in [2.45, 2.75) is 6.54 Å². The highest BCUT2D eigenvalue weighted by molar-refractivity contribution is 8.26. The van der Waals surface area contributed by atoms with Crippen LogP contribution in [0.1, 0.15) is 11.1 Å². The minimum absolute atomic E-state index is 0.221. The van der Waals surface area contributed by atoms with E-state index in [9.17, 15) is 14.0 Å². The van der Waals surface area contributed by atoms with Gasteiger partial charge in [0.15, 0.2) is 0 Å². The molecule has 1 amide bonds. The van der Waals surface area contributed by atoms with Crippen molar-refractivity contribution in [1.82, 2.24) is 9.47 Å². The first-order chi connectivity index (χ1) is 13.9. The molecule has 5 nitrogen and oxygen atoms in total. The summed E-state index contributed by atoms with van der Waals surface area (Å²) in [5.74, 6) is -1.82. The van der Waals surface area contributed by atoms with Gasteiger partial charge in [0.2, 0.25) is 0 Å². The molecule has 29 heavy (non-hydrogen) atoms. The minimum Gasteiger partial charge on any atom is -0.480 e. The SMILES string of the molecule is O=C(O)CN1C(=O)/C(=C/c2cn(Cc3ccccc3F)c3ccccc23)SC1=S. The van der Waals surface area contributed by atoms with Crippen LogP contribution < -0.4 is 0 Å². The first-order valence-electron chi connectivity index (χ1n) is 8.72. The third-order valence-electron chi connectivity index (χ3n) is 4.57. The van der Waals surface area contributed by atoms with Crippen LogP contribution in [0.4, 0.5) is 4.39 Å². The van der Waals surface area contributed by atoms with Gasteiger partial charge >= 0.3 is 5.97 Å². The quantitative estimate of drug-likeness (QED) is 0.491. The lowest BCUT2D eigenvalue weighted by Crippen LogP contribution is -2.33. The number of carboxylic acid groups (broad SMARTS) is 1. The van der Waals surface area contributed by atoms with Gasteiger partial charge in [-0.25, -0.2) is 4.39 Å². The molecule has 4 rings (SSSR count). The Morgan fingerprint density at radius 1 is 1.17 bits per heavy atom. The van der Waals surface area contributed by atoms with E-state index in [-0.39, 0.29) is 10.1 Å². The summed E-state index contributed by atoms with van der Waals surface area (Å²) in [7, 11) is 0. The highest BCUT2D eigenvalue weighted by Crippen LogP contribution is 2.34. The number of fused-ring (bicyclic) bond motifs is 1. The maximum Gasteiger partial charge on any atom is 0.323 e. The number of hydrogen-bond donors (Lipinski definition) is 1. The van der Waals surface area contributed by atoms with Gasteiger partial charge in [-0.2, -0.15) is 0 Å². The molecule has 1 saturated heterocycles. The Balaban J connectivity index is 1.73. The van der Waals surface area contributed by atoms with Gasteiger partial charge in [0.1, 0.15) is 16.7 Å². The summed E-state index contributed by atoms with van der Waals surface area (Å²) < 4.78 is 16.3. The molecule has 0 radical (unpaired) electrons. The average molecular weight is 426 g/mol. The molecule has 0 saturated carbocycles. The molecule has 0 atom stereocenters. The fourth-order valence-corrected chi connectivity index (χ4v) is 4.49. The number of carbonyl (C=O) groups excluding carboxylic acids is 1. The van der Waals surface area contributed by atoms with E-state index in [1.54, 1.807) is 24.3 Å². The second-order valence-electron chi connectivity index (χ2n) is 6.48. The van der Waals surface area contributed by atoms with Crippen molar-refractivity contribution < 1.29 is 19.1 Å². The van der Waals surface area contributed by atoms with Crippen LogP contribution in [0.2, 0.25) is 0 Å². The van der Waals surface area contributed by atoms with Crippen molar-refractivity contribution >= 4 is 57.2 Å². The van der Waals surface area contributed by atoms with Gasteiger partial charge in [0.05, 0.1) is 11.4 Å². The maximum absolute atomic E-state index is 14.1. The number of amides is 1. The third kappa shape index (κ3) is 3.81. The van der Waals surface area contributed by atoms with Crippen LogP contribution in [0.15, 0.2) is 59.6 Å². The van der Waals surface area contributed by atoms with E-state index in [2.05, 4.69) is 0 Å². The molecule has 0 unspecified atom stereocenters. The van der Waals surface area contributed by atoms with Crippen LogP contribution in [0.3, 0.4) is 0 Å². The van der Waals surface area contributed by atoms with Crippen molar-refractivity contribution in [2.24, 2.45) is 0 Å². The predicted molar refractivity (Wildman–Crippen MR) is 115 cm³/mol. The molecule has 146 valence electrons. The van der Waals surface area contributed by atoms with Gasteiger partial charge in [-0.1, -0.05) is 60.4 Å². The number of hydrogen-bond acceptors (Lipinski definition) is 4. The number of aromatic nitrogens is 1. The average Bonchev–Trinajstić information content (AvgIpc) is 3.16. The second-order valence-corrected chi connectivity index (χ2v) is 8.16. The maximum atomic E-state index is 14.1. The molecule has 1 fully saturated rings. The van der Waals surface area contributed by atoms with Crippen molar-refractivity contribution in [2.75, 3.05) is 6.54 Å². The monoisotopic (exact) mass is 426 g/mol. The summed E-state index contributed by atoms with van der Waals surface area (Å²) in [6.07, 6.45) is 3.57. The Hall–Kier alpha value is -2.97. The largest absolute Gasteiger partial charge is 0.480 e. The molecule has 3 aromatic rings. The molecule has 1 aliphatic heterocycles. The molecular formula is C21H15FN2O3S2. The van der Waals surface area contributed by atoms with E-state index in [1.807, 2.05) is 35.0 Å². The van der Waals surface area contributed by atoms with Crippen molar-refractivity contribution in [1.29, 1.82) is 0 Å². The molecular weight excluding hydrogens is 411 g/mol. The lowest BCUT2D eigenvalue weighted by atomic mass is 10.1. The van der Waals surface area contributed by atoms with E-state index >= 15 is 0 Å². The number of rotatable bonds is 5. The number of para-hydroxylation sites is 1. The predicted octanol–water partition coefficient (Wildman–Crippen LogP) is 4.11. The zero-order chi connectivity index (χ0) is 20.5. The molecule has 2 heterocycles. The zero-order valence-corrected chi connectivity index (χ0v) is 16.7. The summed E-state index contributed by atoms with van der Waals surface area (Å²) >= 11 is 6.23. The molecule has 8 heteroatoms. The summed E-state index contributed by atoms with van der Waals surface area (Å²) in [5, 5.41) is 9.89. The Bertz CT molecular complexity index is 1190. The van der Waals surface area contributed by atoms with E-state index in [1.165, 1.54) is 6.07 Å². The van der Waals surface area contributed by atoms with E-state index in [0.29, 0.717) is 17.0 Å². The fraction of sp³-hybridized carbons (Fsp3) is 0.0952. The summed E-state index contributed by atoms with van der Waals surface area (Å²) in [6, 6.07) is 14.3. The van der Waals surface area contributed by atoms with Crippen LogP contribution in [-0.4, -0.2) is 37.3 Å². The van der Waals surface area contributed by atoms with Crippen LogP contribution in [-0.2, 0) is 16.1 Å². The van der Waals surface area contributed by atoms with Gasteiger partial charge in [-0.05, 0) is 18.2 Å². The van der Waals surface area contributed by atoms with Gasteiger partial charge in [0, 0.05) is 28.2 Å². The minimum atomic E-state index is -1.12. The van der Waals surface area contributed by atoms with Crippen LogP contribution >= 0.6 is 24.0 Å². The van der Waals surface area contributed by atoms with Crippen LogP contribution in [0, 0.1) is 5.82 Å². The Morgan fingerprint density at radius 2 is 1.90 bits per heavy atom. The van der Waals surface area contributed by atoms with Gasteiger partial charge in [0.25, 0.3) is 5.91 Å².